The highest BCUT2D eigenvalue weighted by Gasteiger charge is 2.30. The Morgan fingerprint density at radius 1 is 0.720 bits per heavy atom. The summed E-state index contributed by atoms with van der Waals surface area (Å²) in [6.45, 7) is 13.0. The van der Waals surface area contributed by atoms with Crippen LogP contribution >= 0.6 is 0 Å². The largest absolute Gasteiger partial charge is 0.531 e. The van der Waals surface area contributed by atoms with Crippen molar-refractivity contribution in [2.75, 3.05) is 0 Å². The number of benzene rings is 1. The molecule has 0 saturated carbocycles. The van der Waals surface area contributed by atoms with Crippen LogP contribution in [0, 0.1) is 0 Å². The molecule has 0 bridgehead atoms. The molecule has 3 aromatic rings. The molecule has 0 aliphatic rings. The smallest absolute Gasteiger partial charge is 0.244 e. The number of fused-ring (bicyclic) bond motifs is 1. The summed E-state index contributed by atoms with van der Waals surface area (Å²) in [7, 11) is -3.72. The summed E-state index contributed by atoms with van der Waals surface area (Å²) in [5.41, 5.74) is 2.49. The van der Waals surface area contributed by atoms with Gasteiger partial charge in [-0.1, -0.05) is 18.2 Å². The molecule has 0 unspecified atom stereocenters. The normalized spacial score (nSPS) is 12.4. The van der Waals surface area contributed by atoms with Crippen molar-refractivity contribution in [3.8, 4) is 17.4 Å². The summed E-state index contributed by atoms with van der Waals surface area (Å²) in [6, 6.07) is 10.1. The molecule has 0 aliphatic carbocycles. The van der Waals surface area contributed by atoms with Crippen molar-refractivity contribution in [2.45, 2.75) is 39.3 Å². The van der Waals surface area contributed by atoms with Crippen LogP contribution in [0.5, 0.6) is 11.8 Å². The minimum atomic E-state index is -1.86. The van der Waals surface area contributed by atoms with Crippen molar-refractivity contribution in [2.24, 2.45) is 0 Å². The first kappa shape index (κ1) is 17.7. The molecule has 3 rings (SSSR count). The van der Waals surface area contributed by atoms with E-state index < -0.39 is 16.6 Å². The van der Waals surface area contributed by atoms with Crippen LogP contribution in [-0.4, -0.2) is 31.2 Å². The van der Waals surface area contributed by atoms with Crippen LogP contribution in [0.2, 0.25) is 39.3 Å². The Hall–Kier alpha value is -2.13. The van der Waals surface area contributed by atoms with Crippen LogP contribution < -0.4 is 8.85 Å². The molecule has 0 fully saturated rings. The minimum absolute atomic E-state index is 0.724. The zero-order chi connectivity index (χ0) is 18.2. The number of para-hydroxylation sites is 1. The van der Waals surface area contributed by atoms with Gasteiger partial charge in [0.1, 0.15) is 0 Å². The van der Waals surface area contributed by atoms with Gasteiger partial charge in [0.2, 0.25) is 28.4 Å². The summed E-state index contributed by atoms with van der Waals surface area (Å²) in [6.07, 6.45) is 3.40. The molecule has 1 aromatic carbocycles. The molecular formula is C18H25N3O2Si2. The Morgan fingerprint density at radius 2 is 1.16 bits per heavy atom. The van der Waals surface area contributed by atoms with Crippen LogP contribution in [0.1, 0.15) is 0 Å². The fourth-order valence-electron chi connectivity index (χ4n) is 2.53. The summed E-state index contributed by atoms with van der Waals surface area (Å²) >= 11 is 0. The van der Waals surface area contributed by atoms with Gasteiger partial charge in [0, 0.05) is 12.4 Å². The fraction of sp³-hybridized carbons (Fsp3) is 0.333. The molecule has 0 radical (unpaired) electrons. The SMILES string of the molecule is C[Si](C)(C)Oc1c2nccnc2c(O[Si](C)(C)C)n1-c1ccccc1. The molecule has 5 nitrogen and oxygen atoms in total. The summed E-state index contributed by atoms with van der Waals surface area (Å²) in [5, 5.41) is 0. The van der Waals surface area contributed by atoms with Crippen molar-refractivity contribution in [3.63, 3.8) is 0 Å². The van der Waals surface area contributed by atoms with Crippen molar-refractivity contribution < 1.29 is 8.85 Å². The Kier molecular flexibility index (Phi) is 4.46. The van der Waals surface area contributed by atoms with Gasteiger partial charge in [0.15, 0.2) is 11.0 Å². The summed E-state index contributed by atoms with van der Waals surface area (Å²) in [5.74, 6) is 1.45. The first-order chi connectivity index (χ1) is 11.7. The summed E-state index contributed by atoms with van der Waals surface area (Å²) < 4.78 is 14.9. The van der Waals surface area contributed by atoms with Gasteiger partial charge in [-0.3, -0.25) is 0 Å². The van der Waals surface area contributed by atoms with Gasteiger partial charge in [-0.15, -0.1) is 0 Å². The van der Waals surface area contributed by atoms with Gasteiger partial charge in [0.25, 0.3) is 0 Å². The fourth-order valence-corrected chi connectivity index (χ4v) is 4.07. The maximum Gasteiger partial charge on any atom is 0.244 e. The van der Waals surface area contributed by atoms with E-state index in [-0.39, 0.29) is 0 Å². The zero-order valence-corrected chi connectivity index (χ0v) is 17.7. The molecule has 0 amide bonds. The molecular weight excluding hydrogens is 346 g/mol. The van der Waals surface area contributed by atoms with Crippen LogP contribution in [0.4, 0.5) is 0 Å². The van der Waals surface area contributed by atoms with E-state index in [9.17, 15) is 0 Å². The van der Waals surface area contributed by atoms with Crippen LogP contribution in [0.15, 0.2) is 42.7 Å². The number of aromatic nitrogens is 3. The van der Waals surface area contributed by atoms with Crippen molar-refractivity contribution >= 4 is 27.7 Å². The maximum absolute atomic E-state index is 6.43. The minimum Gasteiger partial charge on any atom is -0.531 e. The Balaban J connectivity index is 2.34. The molecule has 0 N–H and O–H groups in total. The van der Waals surface area contributed by atoms with Gasteiger partial charge in [-0.05, 0) is 51.4 Å². The van der Waals surface area contributed by atoms with Crippen LogP contribution in [-0.2, 0) is 0 Å². The summed E-state index contributed by atoms with van der Waals surface area (Å²) in [4.78, 5) is 9.10. The van der Waals surface area contributed by atoms with Crippen LogP contribution in [0.25, 0.3) is 16.7 Å². The number of nitrogens with zero attached hydrogens (tertiary/aromatic N) is 3. The molecule has 0 saturated heterocycles. The second-order valence-electron chi connectivity index (χ2n) is 7.96. The highest BCUT2D eigenvalue weighted by molar-refractivity contribution is 6.71. The van der Waals surface area contributed by atoms with Crippen molar-refractivity contribution in [1.29, 1.82) is 0 Å². The second-order valence-corrected chi connectivity index (χ2v) is 16.8. The lowest BCUT2D eigenvalue weighted by molar-refractivity contribution is 0.483. The number of hydrogen-bond donors (Lipinski definition) is 0. The molecule has 7 heteroatoms. The standard InChI is InChI=1S/C18H25N3O2Si2/c1-24(2,3)22-17-15-16(20-13-12-19-15)18(23-25(4,5)6)21(17)14-10-8-7-9-11-14/h7-13H,1-6H3. The van der Waals surface area contributed by atoms with E-state index in [0.717, 1.165) is 28.5 Å². The predicted octanol–water partition coefficient (Wildman–Crippen LogP) is 4.85. The Labute approximate surface area is 150 Å². The third-order valence-corrected chi connectivity index (χ3v) is 4.94. The number of rotatable bonds is 5. The van der Waals surface area contributed by atoms with Crippen molar-refractivity contribution in [3.05, 3.63) is 42.7 Å². The average molecular weight is 372 g/mol. The van der Waals surface area contributed by atoms with E-state index in [2.05, 4.69) is 49.3 Å². The second kappa shape index (κ2) is 6.31. The number of hydrogen-bond acceptors (Lipinski definition) is 4. The quantitative estimate of drug-likeness (QED) is 0.602. The molecule has 2 aromatic heterocycles. The van der Waals surface area contributed by atoms with Gasteiger partial charge in [0.05, 0.1) is 5.69 Å². The first-order valence-electron chi connectivity index (χ1n) is 8.44. The first-order valence-corrected chi connectivity index (χ1v) is 15.3. The van der Waals surface area contributed by atoms with E-state index in [1.807, 2.05) is 34.9 Å². The van der Waals surface area contributed by atoms with Gasteiger partial charge >= 0.3 is 0 Å². The third-order valence-electron chi connectivity index (χ3n) is 3.33. The van der Waals surface area contributed by atoms with E-state index in [1.165, 1.54) is 0 Å². The van der Waals surface area contributed by atoms with Gasteiger partial charge in [-0.2, -0.15) is 0 Å². The van der Waals surface area contributed by atoms with Gasteiger partial charge < -0.3 is 8.85 Å². The maximum atomic E-state index is 6.43. The molecule has 0 spiro atoms. The van der Waals surface area contributed by atoms with E-state index in [0.29, 0.717) is 0 Å². The highest BCUT2D eigenvalue weighted by atomic mass is 28.4. The zero-order valence-electron chi connectivity index (χ0n) is 15.7. The third kappa shape index (κ3) is 3.93. The Morgan fingerprint density at radius 3 is 1.56 bits per heavy atom. The van der Waals surface area contributed by atoms with Gasteiger partial charge in [-0.25, -0.2) is 14.5 Å². The average Bonchev–Trinajstić information content (AvgIpc) is 2.79. The van der Waals surface area contributed by atoms with Crippen molar-refractivity contribution in [1.82, 2.24) is 14.5 Å². The van der Waals surface area contributed by atoms with E-state index in [1.54, 1.807) is 12.4 Å². The van der Waals surface area contributed by atoms with E-state index >= 15 is 0 Å². The Bertz CT molecular complexity index is 828. The highest BCUT2D eigenvalue weighted by Crippen LogP contribution is 2.40. The lowest BCUT2D eigenvalue weighted by atomic mass is 10.3. The van der Waals surface area contributed by atoms with Crippen LogP contribution in [0.3, 0.4) is 0 Å². The molecule has 2 heterocycles. The monoisotopic (exact) mass is 371 g/mol. The van der Waals surface area contributed by atoms with E-state index in [4.69, 9.17) is 8.85 Å². The molecule has 0 atom stereocenters. The lowest BCUT2D eigenvalue weighted by Crippen LogP contribution is -2.32. The topological polar surface area (TPSA) is 49.2 Å². The lowest BCUT2D eigenvalue weighted by Gasteiger charge is -2.24. The molecule has 25 heavy (non-hydrogen) atoms. The molecule has 132 valence electrons. The molecule has 0 aliphatic heterocycles. The predicted molar refractivity (Wildman–Crippen MR) is 107 cm³/mol.